The summed E-state index contributed by atoms with van der Waals surface area (Å²) >= 11 is 1.80. The van der Waals surface area contributed by atoms with Gasteiger partial charge < -0.3 is 10.1 Å². The van der Waals surface area contributed by atoms with Crippen molar-refractivity contribution in [2.45, 2.75) is 45.4 Å². The molecule has 2 aromatic heterocycles. The van der Waals surface area contributed by atoms with E-state index in [9.17, 15) is 4.79 Å². The maximum atomic E-state index is 11.3. The molecule has 1 N–H and O–H groups in total. The predicted molar refractivity (Wildman–Crippen MR) is 88.4 cm³/mol. The standard InChI is InChI=1S/C16H21N3O2S/c1-2-21-13(20)8-5-9-17-15-14-11-6-3-4-7-12(11)22-16(14)19-10-18-15/h10H,2-9H2,1H3,(H,17,18,19). The summed E-state index contributed by atoms with van der Waals surface area (Å²) in [6, 6.07) is 0. The fraction of sp³-hybridized carbons (Fsp3) is 0.562. The SMILES string of the molecule is CCOC(=O)CCCNc1ncnc2sc3c(c12)CCCC3. The number of anilines is 1. The molecule has 0 fully saturated rings. The number of hydrogen-bond acceptors (Lipinski definition) is 6. The van der Waals surface area contributed by atoms with Gasteiger partial charge in [0.2, 0.25) is 0 Å². The second-order valence-corrected chi connectivity index (χ2v) is 6.53. The maximum Gasteiger partial charge on any atom is 0.305 e. The number of fused-ring (bicyclic) bond motifs is 3. The van der Waals surface area contributed by atoms with Gasteiger partial charge in [-0.2, -0.15) is 0 Å². The number of aryl methyl sites for hydroxylation is 2. The second-order valence-electron chi connectivity index (χ2n) is 5.45. The van der Waals surface area contributed by atoms with Gasteiger partial charge in [0.15, 0.2) is 0 Å². The largest absolute Gasteiger partial charge is 0.466 e. The van der Waals surface area contributed by atoms with Crippen molar-refractivity contribution >= 4 is 33.3 Å². The fourth-order valence-corrected chi connectivity index (χ4v) is 4.13. The van der Waals surface area contributed by atoms with Gasteiger partial charge in [0.05, 0.1) is 12.0 Å². The molecule has 0 amide bonds. The number of esters is 1. The summed E-state index contributed by atoms with van der Waals surface area (Å²) in [5.74, 6) is 0.776. The van der Waals surface area contributed by atoms with Crippen LogP contribution in [0.3, 0.4) is 0 Å². The Balaban J connectivity index is 1.69. The lowest BCUT2D eigenvalue weighted by molar-refractivity contribution is -0.143. The van der Waals surface area contributed by atoms with Crippen LogP contribution in [-0.2, 0) is 22.4 Å². The molecular weight excluding hydrogens is 298 g/mol. The quantitative estimate of drug-likeness (QED) is 0.653. The summed E-state index contributed by atoms with van der Waals surface area (Å²) in [5.41, 5.74) is 1.43. The summed E-state index contributed by atoms with van der Waals surface area (Å²) in [6.45, 7) is 2.99. The Hall–Kier alpha value is -1.69. The van der Waals surface area contributed by atoms with E-state index in [-0.39, 0.29) is 5.97 Å². The third-order valence-corrected chi connectivity index (χ3v) is 5.11. The number of rotatable bonds is 6. The Bertz CT molecular complexity index is 669. The summed E-state index contributed by atoms with van der Waals surface area (Å²) in [4.78, 5) is 22.7. The van der Waals surface area contributed by atoms with Gasteiger partial charge in [-0.3, -0.25) is 4.79 Å². The van der Waals surface area contributed by atoms with Crippen LogP contribution in [0, 0.1) is 0 Å². The van der Waals surface area contributed by atoms with E-state index in [1.165, 1.54) is 35.1 Å². The molecule has 0 saturated carbocycles. The van der Waals surface area contributed by atoms with Crippen molar-refractivity contribution in [3.63, 3.8) is 0 Å². The van der Waals surface area contributed by atoms with Gasteiger partial charge in [0.25, 0.3) is 0 Å². The Morgan fingerprint density at radius 1 is 1.36 bits per heavy atom. The molecule has 0 saturated heterocycles. The molecule has 118 valence electrons. The third kappa shape index (κ3) is 3.21. The topological polar surface area (TPSA) is 64.1 Å². The first-order valence-electron chi connectivity index (χ1n) is 7.94. The lowest BCUT2D eigenvalue weighted by Crippen LogP contribution is -2.09. The molecule has 6 heteroatoms. The van der Waals surface area contributed by atoms with Gasteiger partial charge in [0.1, 0.15) is 17.0 Å². The highest BCUT2D eigenvalue weighted by Gasteiger charge is 2.19. The number of thiophene rings is 1. The van der Waals surface area contributed by atoms with Crippen molar-refractivity contribution in [3.8, 4) is 0 Å². The number of aromatic nitrogens is 2. The van der Waals surface area contributed by atoms with Crippen LogP contribution in [-0.4, -0.2) is 29.1 Å². The van der Waals surface area contributed by atoms with Crippen LogP contribution in [0.5, 0.6) is 0 Å². The van der Waals surface area contributed by atoms with E-state index in [2.05, 4.69) is 15.3 Å². The summed E-state index contributed by atoms with van der Waals surface area (Å²) in [5, 5.41) is 4.56. The molecule has 0 atom stereocenters. The number of nitrogens with one attached hydrogen (secondary N) is 1. The molecule has 0 unspecified atom stereocenters. The molecular formula is C16H21N3O2S. The fourth-order valence-electron chi connectivity index (χ4n) is 2.90. The highest BCUT2D eigenvalue weighted by atomic mass is 32.1. The Labute approximate surface area is 134 Å². The molecule has 22 heavy (non-hydrogen) atoms. The van der Waals surface area contributed by atoms with E-state index >= 15 is 0 Å². The number of hydrogen-bond donors (Lipinski definition) is 1. The van der Waals surface area contributed by atoms with Crippen LogP contribution in [0.2, 0.25) is 0 Å². The zero-order valence-corrected chi connectivity index (χ0v) is 13.7. The Kier molecular flexibility index (Phi) is 4.87. The maximum absolute atomic E-state index is 11.3. The lowest BCUT2D eigenvalue weighted by Gasteiger charge is -2.12. The highest BCUT2D eigenvalue weighted by Crippen LogP contribution is 2.37. The highest BCUT2D eigenvalue weighted by molar-refractivity contribution is 7.19. The molecule has 3 rings (SSSR count). The van der Waals surface area contributed by atoms with Crippen LogP contribution < -0.4 is 5.32 Å². The van der Waals surface area contributed by atoms with E-state index in [0.717, 1.165) is 30.0 Å². The van der Waals surface area contributed by atoms with E-state index < -0.39 is 0 Å². The second kappa shape index (κ2) is 7.05. The minimum Gasteiger partial charge on any atom is -0.466 e. The first kappa shape index (κ1) is 15.2. The first-order valence-corrected chi connectivity index (χ1v) is 8.76. The average Bonchev–Trinajstić information content (AvgIpc) is 2.91. The number of ether oxygens (including phenoxy) is 1. The summed E-state index contributed by atoms with van der Waals surface area (Å²) < 4.78 is 4.94. The molecule has 0 bridgehead atoms. The van der Waals surface area contributed by atoms with Crippen molar-refractivity contribution < 1.29 is 9.53 Å². The normalized spacial score (nSPS) is 13.9. The van der Waals surface area contributed by atoms with Crippen molar-refractivity contribution in [3.05, 3.63) is 16.8 Å². The zero-order chi connectivity index (χ0) is 15.4. The minimum absolute atomic E-state index is 0.134. The van der Waals surface area contributed by atoms with Gasteiger partial charge in [-0.1, -0.05) is 0 Å². The number of carbonyl (C=O) groups is 1. The third-order valence-electron chi connectivity index (χ3n) is 3.91. The summed E-state index contributed by atoms with van der Waals surface area (Å²) in [7, 11) is 0. The van der Waals surface area contributed by atoms with E-state index in [1.807, 2.05) is 6.92 Å². The van der Waals surface area contributed by atoms with Gasteiger partial charge in [0, 0.05) is 17.8 Å². The van der Waals surface area contributed by atoms with Crippen molar-refractivity contribution in [2.75, 3.05) is 18.5 Å². The summed E-state index contributed by atoms with van der Waals surface area (Å²) in [6.07, 6.45) is 7.62. The molecule has 5 nitrogen and oxygen atoms in total. The Morgan fingerprint density at radius 2 is 2.23 bits per heavy atom. The average molecular weight is 319 g/mol. The van der Waals surface area contributed by atoms with Crippen LogP contribution in [0.1, 0.15) is 43.0 Å². The zero-order valence-electron chi connectivity index (χ0n) is 12.9. The van der Waals surface area contributed by atoms with Crippen molar-refractivity contribution in [2.24, 2.45) is 0 Å². The van der Waals surface area contributed by atoms with Crippen LogP contribution in [0.4, 0.5) is 5.82 Å². The Morgan fingerprint density at radius 3 is 3.09 bits per heavy atom. The van der Waals surface area contributed by atoms with E-state index in [4.69, 9.17) is 4.74 Å². The molecule has 0 spiro atoms. The lowest BCUT2D eigenvalue weighted by atomic mass is 9.97. The molecule has 2 heterocycles. The van der Waals surface area contributed by atoms with Gasteiger partial charge in [-0.15, -0.1) is 11.3 Å². The van der Waals surface area contributed by atoms with Crippen LogP contribution >= 0.6 is 11.3 Å². The number of nitrogens with zero attached hydrogens (tertiary/aromatic N) is 2. The van der Waals surface area contributed by atoms with Gasteiger partial charge >= 0.3 is 5.97 Å². The monoisotopic (exact) mass is 319 g/mol. The van der Waals surface area contributed by atoms with Crippen molar-refractivity contribution in [1.82, 2.24) is 9.97 Å². The van der Waals surface area contributed by atoms with Crippen LogP contribution in [0.25, 0.3) is 10.2 Å². The molecule has 1 aliphatic carbocycles. The van der Waals surface area contributed by atoms with Crippen LogP contribution in [0.15, 0.2) is 6.33 Å². The predicted octanol–water partition coefficient (Wildman–Crippen LogP) is 3.33. The first-order chi connectivity index (χ1) is 10.8. The minimum atomic E-state index is -0.134. The molecule has 2 aromatic rings. The molecule has 0 aromatic carbocycles. The molecule has 0 radical (unpaired) electrons. The number of carbonyl (C=O) groups excluding carboxylic acids is 1. The molecule has 0 aliphatic heterocycles. The smallest absolute Gasteiger partial charge is 0.305 e. The van der Waals surface area contributed by atoms with Gasteiger partial charge in [-0.05, 0) is 44.6 Å². The van der Waals surface area contributed by atoms with E-state index in [1.54, 1.807) is 17.7 Å². The van der Waals surface area contributed by atoms with Crippen molar-refractivity contribution in [1.29, 1.82) is 0 Å². The van der Waals surface area contributed by atoms with Gasteiger partial charge in [-0.25, -0.2) is 9.97 Å². The van der Waals surface area contributed by atoms with E-state index in [0.29, 0.717) is 13.0 Å². The molecule has 1 aliphatic rings.